The second-order valence-corrected chi connectivity index (χ2v) is 11.0. The SMILES string of the molecule is C[C@@H]1CCC[C@H](C)N1CCCCCN1C(=O)C(CC2CCC(C(=N)N)C2)Cc2ccccc21. The third kappa shape index (κ3) is 5.79. The molecule has 5 atom stereocenters. The quantitative estimate of drug-likeness (QED) is 0.301. The topological polar surface area (TPSA) is 73.4 Å². The van der Waals surface area contributed by atoms with Crippen molar-refractivity contribution in [3.63, 3.8) is 0 Å². The molecule has 1 saturated carbocycles. The van der Waals surface area contributed by atoms with Gasteiger partial charge >= 0.3 is 0 Å². The Labute approximate surface area is 200 Å². The summed E-state index contributed by atoms with van der Waals surface area (Å²) in [5.41, 5.74) is 8.20. The molecule has 3 unspecified atom stereocenters. The number of hydrogen-bond donors (Lipinski definition) is 2. The zero-order chi connectivity index (χ0) is 23.4. The van der Waals surface area contributed by atoms with Gasteiger partial charge < -0.3 is 10.6 Å². The second-order valence-electron chi connectivity index (χ2n) is 11.0. The van der Waals surface area contributed by atoms with Gasteiger partial charge in [-0.3, -0.25) is 15.1 Å². The monoisotopic (exact) mass is 452 g/mol. The largest absolute Gasteiger partial charge is 0.387 e. The molecule has 2 aliphatic heterocycles. The molecule has 4 rings (SSSR count). The molecule has 0 radical (unpaired) electrons. The Hall–Kier alpha value is -1.88. The number of amidine groups is 1. The van der Waals surface area contributed by atoms with Crippen LogP contribution in [0.15, 0.2) is 24.3 Å². The number of nitrogens with zero attached hydrogens (tertiary/aromatic N) is 2. The standard InChI is InChI=1S/C28H44N4O/c1-20-9-8-10-21(2)31(20)15-6-3-7-16-32-26-12-5-4-11-23(26)19-25(28(32)33)18-22-13-14-24(17-22)27(29)30/h4-5,11-12,20-22,24-25H,3,6-10,13-19H2,1-2H3,(H3,29,30)/t20-,21+,22?,24?,25?. The highest BCUT2D eigenvalue weighted by molar-refractivity contribution is 5.98. The van der Waals surface area contributed by atoms with Gasteiger partial charge in [0.25, 0.3) is 0 Å². The molecule has 1 aromatic carbocycles. The molecule has 0 spiro atoms. The summed E-state index contributed by atoms with van der Waals surface area (Å²) in [6.45, 7) is 6.77. The first-order valence-corrected chi connectivity index (χ1v) is 13.4. The van der Waals surface area contributed by atoms with E-state index in [9.17, 15) is 4.79 Å². The highest BCUT2D eigenvalue weighted by Gasteiger charge is 2.36. The average molecular weight is 453 g/mol. The summed E-state index contributed by atoms with van der Waals surface area (Å²) >= 11 is 0. The third-order valence-corrected chi connectivity index (χ3v) is 8.64. The van der Waals surface area contributed by atoms with Gasteiger partial charge in [0, 0.05) is 36.2 Å². The molecule has 0 aromatic heterocycles. The zero-order valence-corrected chi connectivity index (χ0v) is 20.8. The Bertz CT molecular complexity index is 814. The molecule has 1 aliphatic carbocycles. The predicted molar refractivity (Wildman–Crippen MR) is 137 cm³/mol. The maximum Gasteiger partial charge on any atom is 0.230 e. The summed E-state index contributed by atoms with van der Waals surface area (Å²) in [6.07, 6.45) is 12.4. The number of hydrogen-bond acceptors (Lipinski definition) is 3. The van der Waals surface area contributed by atoms with Gasteiger partial charge in [0.2, 0.25) is 5.91 Å². The Morgan fingerprint density at radius 3 is 2.48 bits per heavy atom. The molecule has 182 valence electrons. The van der Waals surface area contributed by atoms with Gasteiger partial charge in [-0.25, -0.2) is 0 Å². The number of para-hydroxylation sites is 1. The highest BCUT2D eigenvalue weighted by Crippen LogP contribution is 2.39. The molecule has 5 heteroatoms. The fourth-order valence-electron chi connectivity index (χ4n) is 6.68. The van der Waals surface area contributed by atoms with E-state index in [1.54, 1.807) is 0 Å². The minimum absolute atomic E-state index is 0.0747. The van der Waals surface area contributed by atoms with Gasteiger partial charge in [-0.2, -0.15) is 0 Å². The van der Waals surface area contributed by atoms with Crippen LogP contribution in [0.2, 0.25) is 0 Å². The number of unbranched alkanes of at least 4 members (excludes halogenated alkanes) is 2. The minimum atomic E-state index is 0.0747. The van der Waals surface area contributed by atoms with Gasteiger partial charge in [-0.05, 0) is 95.7 Å². The van der Waals surface area contributed by atoms with Crippen LogP contribution in [0, 0.1) is 23.2 Å². The van der Waals surface area contributed by atoms with Crippen molar-refractivity contribution in [2.45, 2.75) is 96.6 Å². The number of benzene rings is 1. The van der Waals surface area contributed by atoms with E-state index in [1.807, 2.05) is 0 Å². The summed E-state index contributed by atoms with van der Waals surface area (Å²) in [4.78, 5) is 18.3. The lowest BCUT2D eigenvalue weighted by Gasteiger charge is -2.39. The third-order valence-electron chi connectivity index (χ3n) is 8.64. The van der Waals surface area contributed by atoms with Gasteiger partial charge in [0.15, 0.2) is 0 Å². The molecule has 3 N–H and O–H groups in total. The van der Waals surface area contributed by atoms with Crippen LogP contribution < -0.4 is 10.6 Å². The number of amides is 1. The molecule has 1 saturated heterocycles. The van der Waals surface area contributed by atoms with Gasteiger partial charge in [-0.1, -0.05) is 31.0 Å². The molecule has 3 aliphatic rings. The average Bonchev–Trinajstić information content (AvgIpc) is 3.26. The predicted octanol–water partition coefficient (Wildman–Crippen LogP) is 5.37. The lowest BCUT2D eigenvalue weighted by Crippen LogP contribution is -2.44. The van der Waals surface area contributed by atoms with Crippen LogP contribution in [0.25, 0.3) is 0 Å². The minimum Gasteiger partial charge on any atom is -0.387 e. The lowest BCUT2D eigenvalue weighted by molar-refractivity contribution is -0.123. The fourth-order valence-corrected chi connectivity index (χ4v) is 6.68. The summed E-state index contributed by atoms with van der Waals surface area (Å²) in [7, 11) is 0. The number of nitrogens with two attached hydrogens (primary N) is 1. The Kier molecular flexibility index (Phi) is 8.11. The fraction of sp³-hybridized carbons (Fsp3) is 0.714. The number of rotatable bonds is 9. The van der Waals surface area contributed by atoms with E-state index < -0.39 is 0 Å². The van der Waals surface area contributed by atoms with Crippen LogP contribution in [-0.4, -0.2) is 41.8 Å². The van der Waals surface area contributed by atoms with Crippen LogP contribution in [0.3, 0.4) is 0 Å². The van der Waals surface area contributed by atoms with Crippen LogP contribution in [0.1, 0.15) is 83.6 Å². The van der Waals surface area contributed by atoms with Crippen molar-refractivity contribution in [2.75, 3.05) is 18.0 Å². The van der Waals surface area contributed by atoms with E-state index in [0.29, 0.717) is 29.7 Å². The summed E-state index contributed by atoms with van der Waals surface area (Å²) in [6, 6.07) is 9.92. The number of carbonyl (C=O) groups excluding carboxylic acids is 1. The van der Waals surface area contributed by atoms with E-state index in [2.05, 4.69) is 47.9 Å². The number of likely N-dealkylation sites (tertiary alicyclic amines) is 1. The first-order chi connectivity index (χ1) is 15.9. The Morgan fingerprint density at radius 1 is 1.03 bits per heavy atom. The van der Waals surface area contributed by atoms with E-state index in [-0.39, 0.29) is 11.8 Å². The highest BCUT2D eigenvalue weighted by atomic mass is 16.2. The van der Waals surface area contributed by atoms with Crippen LogP contribution >= 0.6 is 0 Å². The van der Waals surface area contributed by atoms with Gasteiger partial charge in [0.1, 0.15) is 0 Å². The molecular formula is C28H44N4O. The first kappa shape index (κ1) is 24.3. The number of nitrogens with one attached hydrogen (secondary N) is 1. The molecule has 1 amide bonds. The first-order valence-electron chi connectivity index (χ1n) is 13.4. The van der Waals surface area contributed by atoms with E-state index in [1.165, 1.54) is 44.2 Å². The van der Waals surface area contributed by atoms with Crippen molar-refractivity contribution in [3.05, 3.63) is 29.8 Å². The molecular weight excluding hydrogens is 408 g/mol. The van der Waals surface area contributed by atoms with E-state index >= 15 is 0 Å². The molecule has 5 nitrogen and oxygen atoms in total. The maximum absolute atomic E-state index is 13.5. The van der Waals surface area contributed by atoms with E-state index in [4.69, 9.17) is 11.1 Å². The molecule has 2 fully saturated rings. The van der Waals surface area contributed by atoms with Gasteiger partial charge in [0.05, 0.1) is 5.84 Å². The number of piperidine rings is 1. The zero-order valence-electron chi connectivity index (χ0n) is 20.8. The number of fused-ring (bicyclic) bond motifs is 1. The smallest absolute Gasteiger partial charge is 0.230 e. The normalized spacial score (nSPS) is 30.4. The van der Waals surface area contributed by atoms with Crippen molar-refractivity contribution in [1.29, 1.82) is 5.41 Å². The summed E-state index contributed by atoms with van der Waals surface area (Å²) in [5.74, 6) is 1.47. The molecule has 2 heterocycles. The Morgan fingerprint density at radius 2 is 1.76 bits per heavy atom. The summed E-state index contributed by atoms with van der Waals surface area (Å²) < 4.78 is 0. The van der Waals surface area contributed by atoms with Gasteiger partial charge in [-0.15, -0.1) is 0 Å². The molecule has 0 bridgehead atoms. The second kappa shape index (κ2) is 11.0. The maximum atomic E-state index is 13.5. The van der Waals surface area contributed by atoms with Crippen molar-refractivity contribution < 1.29 is 4.79 Å². The number of carbonyl (C=O) groups is 1. The van der Waals surface area contributed by atoms with Crippen molar-refractivity contribution >= 4 is 17.4 Å². The van der Waals surface area contributed by atoms with E-state index in [0.717, 1.165) is 50.8 Å². The Balaban J connectivity index is 1.31. The summed E-state index contributed by atoms with van der Waals surface area (Å²) in [5, 5.41) is 7.77. The van der Waals surface area contributed by atoms with Crippen LogP contribution in [0.4, 0.5) is 5.69 Å². The molecule has 33 heavy (non-hydrogen) atoms. The van der Waals surface area contributed by atoms with Crippen molar-refractivity contribution in [3.8, 4) is 0 Å². The van der Waals surface area contributed by atoms with Crippen LogP contribution in [-0.2, 0) is 11.2 Å². The molecule has 1 aromatic rings. The number of anilines is 1. The van der Waals surface area contributed by atoms with Crippen LogP contribution in [0.5, 0.6) is 0 Å². The lowest BCUT2D eigenvalue weighted by atomic mass is 9.84. The van der Waals surface area contributed by atoms with Crippen molar-refractivity contribution in [2.24, 2.45) is 23.5 Å². The van der Waals surface area contributed by atoms with Crippen molar-refractivity contribution in [1.82, 2.24) is 4.90 Å².